The Hall–Kier alpha value is -3.87. The lowest BCUT2D eigenvalue weighted by molar-refractivity contribution is 0.0131. The van der Waals surface area contributed by atoms with Crippen LogP contribution in [0.3, 0.4) is 0 Å². The van der Waals surface area contributed by atoms with Crippen LogP contribution in [0.5, 0.6) is 5.75 Å². The predicted octanol–water partition coefficient (Wildman–Crippen LogP) is 6.56. The van der Waals surface area contributed by atoms with Crippen LogP contribution in [-0.4, -0.2) is 70.6 Å². The second kappa shape index (κ2) is 14.4. The van der Waals surface area contributed by atoms with Gasteiger partial charge in [0.1, 0.15) is 15.7 Å². The van der Waals surface area contributed by atoms with Gasteiger partial charge in [-0.05, 0) is 110 Å². The Balaban J connectivity index is 1.13. The maximum absolute atomic E-state index is 14.6. The summed E-state index contributed by atoms with van der Waals surface area (Å²) in [5, 5.41) is 7.92. The van der Waals surface area contributed by atoms with Gasteiger partial charge in [0.05, 0.1) is 30.3 Å². The number of ether oxygens (including phenoxy) is 2. The van der Waals surface area contributed by atoms with E-state index in [9.17, 15) is 13.8 Å². The molecule has 0 radical (unpaired) electrons. The van der Waals surface area contributed by atoms with Crippen molar-refractivity contribution in [3.05, 3.63) is 88.2 Å². The first-order valence-electron chi connectivity index (χ1n) is 18.9. The van der Waals surface area contributed by atoms with Crippen molar-refractivity contribution in [2.75, 3.05) is 37.5 Å². The minimum Gasteiger partial charge on any atom is -0.490 e. The van der Waals surface area contributed by atoms with E-state index < -0.39 is 21.9 Å². The van der Waals surface area contributed by atoms with Crippen LogP contribution in [0.1, 0.15) is 78.4 Å². The number of rotatable bonds is 4. The number of nitrogens with zero attached hydrogens (tertiary/aromatic N) is 4. The van der Waals surface area contributed by atoms with Gasteiger partial charge < -0.3 is 19.7 Å². The smallest absolute Gasteiger partial charge is 0.327 e. The van der Waals surface area contributed by atoms with Crippen LogP contribution in [0.25, 0.3) is 0 Å². The number of anilines is 1. The number of amides is 3. The monoisotopic (exact) mass is 760 g/mol. The molecule has 3 amide bonds. The van der Waals surface area contributed by atoms with Gasteiger partial charge in [0, 0.05) is 61.4 Å². The number of urea groups is 1. The van der Waals surface area contributed by atoms with Gasteiger partial charge in [0.2, 0.25) is 0 Å². The Kier molecular flexibility index (Phi) is 9.82. The summed E-state index contributed by atoms with van der Waals surface area (Å²) in [7, 11) is 0.112. The van der Waals surface area contributed by atoms with E-state index in [1.54, 1.807) is 24.1 Å². The van der Waals surface area contributed by atoms with Crippen LogP contribution >= 0.6 is 11.6 Å². The number of methoxy groups -OCH3 is 1. The molecule has 2 N–H and O–H groups in total. The number of aryl methyl sites for hydroxylation is 2. The summed E-state index contributed by atoms with van der Waals surface area (Å²) < 4.78 is 36.0. The molecule has 3 aromatic rings. The molecule has 0 saturated heterocycles. The van der Waals surface area contributed by atoms with E-state index in [0.29, 0.717) is 36.2 Å². The van der Waals surface area contributed by atoms with Crippen LogP contribution in [0.15, 0.2) is 65.3 Å². The Morgan fingerprint density at radius 2 is 2.06 bits per heavy atom. The standard InChI is InChI=1S/C40H49ClN6O5S/c1-25-6-4-8-36(51-3)31-12-9-28(31)21-47-23-40(15-5-7-26-16-30(41)11-13-33(26)40)24-52-37-14-10-27(17-35(37)47)38(48)44-53(50,22-25)45-39(49)43-34-18-32(34)29-19-42-46(2)20-29/h4,8,10-11,13-14,16-17,19-20,25,28,31-32,34,36H,5-7,9,12,15,18,21-24H2,1-3H3,(H2,43,44,45,48,49,50)/b8-4+/t25-,28-,31+,32+,34-,36-,40-,53?/m0/s1. The van der Waals surface area contributed by atoms with Gasteiger partial charge in [-0.1, -0.05) is 36.7 Å². The van der Waals surface area contributed by atoms with Crippen molar-refractivity contribution in [3.8, 4) is 5.75 Å². The highest BCUT2D eigenvalue weighted by Gasteiger charge is 2.45. The van der Waals surface area contributed by atoms with Crippen molar-refractivity contribution in [3.63, 3.8) is 0 Å². The highest BCUT2D eigenvalue weighted by molar-refractivity contribution is 7.92. The van der Waals surface area contributed by atoms with Gasteiger partial charge in [-0.2, -0.15) is 5.10 Å². The first-order valence-corrected chi connectivity index (χ1v) is 20.9. The SMILES string of the molecule is CO[C@H]1/C=C/C[C@H](C)CS(=O)(NC(=O)N[C@H]2C[C@@H]2c2cnn(C)c2)=NC(=O)c2ccc3c(c2)N(C[C@@H]2CC[C@H]21)C[C@@]1(CCCc2cc(Cl)ccc21)CO3. The third kappa shape index (κ3) is 7.47. The lowest BCUT2D eigenvalue weighted by Gasteiger charge is -2.46. The topological polar surface area (TPSA) is 127 Å². The molecule has 2 saturated carbocycles. The maximum atomic E-state index is 14.6. The average Bonchev–Trinajstić information content (AvgIpc) is 3.76. The van der Waals surface area contributed by atoms with Crippen LogP contribution in [0, 0.1) is 17.8 Å². The number of carbonyl (C=O) groups is 2. The highest BCUT2D eigenvalue weighted by Crippen LogP contribution is 2.47. The van der Waals surface area contributed by atoms with E-state index in [0.717, 1.165) is 67.9 Å². The zero-order valence-corrected chi connectivity index (χ0v) is 32.2. The highest BCUT2D eigenvalue weighted by atomic mass is 35.5. The van der Waals surface area contributed by atoms with E-state index in [2.05, 4.69) is 48.7 Å². The second-order valence-corrected chi connectivity index (χ2v) is 18.4. The number of aromatic nitrogens is 2. The Bertz CT molecular complexity index is 2060. The van der Waals surface area contributed by atoms with E-state index in [-0.39, 0.29) is 35.1 Å². The Morgan fingerprint density at radius 3 is 2.83 bits per heavy atom. The number of fused-ring (bicyclic) bond motifs is 4. The summed E-state index contributed by atoms with van der Waals surface area (Å²) in [4.78, 5) is 29.8. The van der Waals surface area contributed by atoms with Crippen molar-refractivity contribution < 1.29 is 23.3 Å². The summed E-state index contributed by atoms with van der Waals surface area (Å²) in [6, 6.07) is 10.9. The molecule has 5 aliphatic rings. The summed E-state index contributed by atoms with van der Waals surface area (Å²) in [6.45, 7) is 3.97. The molecule has 2 aliphatic heterocycles. The van der Waals surface area contributed by atoms with Crippen LogP contribution < -0.4 is 19.7 Å². The van der Waals surface area contributed by atoms with Crippen molar-refractivity contribution in [2.24, 2.45) is 29.2 Å². The Labute approximate surface area is 317 Å². The van der Waals surface area contributed by atoms with Crippen molar-refractivity contribution in [1.82, 2.24) is 19.8 Å². The van der Waals surface area contributed by atoms with Gasteiger partial charge >= 0.3 is 6.03 Å². The molecule has 1 aromatic heterocycles. The number of allylic oxidation sites excluding steroid dienone is 1. The molecule has 1 spiro atoms. The van der Waals surface area contributed by atoms with Crippen LogP contribution in [-0.2, 0) is 33.5 Å². The van der Waals surface area contributed by atoms with Crippen LogP contribution in [0.4, 0.5) is 10.5 Å². The molecule has 3 heterocycles. The van der Waals surface area contributed by atoms with E-state index in [1.807, 2.05) is 38.4 Å². The van der Waals surface area contributed by atoms with Gasteiger partial charge in [-0.15, -0.1) is 4.36 Å². The van der Waals surface area contributed by atoms with Crippen molar-refractivity contribution in [2.45, 2.75) is 75.3 Å². The summed E-state index contributed by atoms with van der Waals surface area (Å²) >= 11 is 6.47. The fourth-order valence-corrected chi connectivity index (χ4v) is 11.1. The van der Waals surface area contributed by atoms with Crippen molar-refractivity contribution in [1.29, 1.82) is 0 Å². The number of benzene rings is 2. The largest absolute Gasteiger partial charge is 0.490 e. The molecule has 11 nitrogen and oxygen atoms in total. The molecule has 1 unspecified atom stereocenters. The van der Waals surface area contributed by atoms with E-state index >= 15 is 0 Å². The number of carbonyl (C=O) groups excluding carboxylic acids is 2. The molecule has 282 valence electrons. The normalized spacial score (nSPS) is 32.9. The lowest BCUT2D eigenvalue weighted by Crippen LogP contribution is -2.49. The predicted molar refractivity (Wildman–Crippen MR) is 206 cm³/mol. The first-order chi connectivity index (χ1) is 25.5. The van der Waals surface area contributed by atoms with Gasteiger partial charge in [0.25, 0.3) is 5.91 Å². The zero-order chi connectivity index (χ0) is 36.9. The molecular formula is C40H49ClN6O5S. The summed E-state index contributed by atoms with van der Waals surface area (Å²) in [6.07, 6.45) is 14.4. The number of nitrogens with one attached hydrogen (secondary N) is 2. The minimum absolute atomic E-state index is 0.0169. The van der Waals surface area contributed by atoms with E-state index in [1.165, 1.54) is 11.1 Å². The van der Waals surface area contributed by atoms with Gasteiger partial charge in [-0.25, -0.2) is 9.00 Å². The van der Waals surface area contributed by atoms with Crippen LogP contribution in [0.2, 0.25) is 5.02 Å². The van der Waals surface area contributed by atoms with E-state index in [4.69, 9.17) is 21.1 Å². The molecule has 2 aromatic carbocycles. The molecule has 8 atom stereocenters. The van der Waals surface area contributed by atoms with Gasteiger partial charge in [-0.3, -0.25) is 14.2 Å². The summed E-state index contributed by atoms with van der Waals surface area (Å²) in [5.41, 5.74) is 4.45. The lowest BCUT2D eigenvalue weighted by atomic mass is 9.68. The third-order valence-corrected chi connectivity index (χ3v) is 14.2. The molecule has 13 heteroatoms. The molecule has 53 heavy (non-hydrogen) atoms. The molecule has 3 aliphatic carbocycles. The number of halogens is 1. The Morgan fingerprint density at radius 1 is 1.19 bits per heavy atom. The fraction of sp³-hybridized carbons (Fsp3) is 0.525. The molecule has 8 rings (SSSR count). The second-order valence-electron chi connectivity index (χ2n) is 15.9. The number of hydrogen-bond donors (Lipinski definition) is 2. The molecule has 2 fully saturated rings. The summed E-state index contributed by atoms with van der Waals surface area (Å²) in [5.74, 6) is 0.823. The average molecular weight is 761 g/mol. The third-order valence-electron chi connectivity index (χ3n) is 12.0. The maximum Gasteiger partial charge on any atom is 0.327 e. The quantitative estimate of drug-likeness (QED) is 0.289. The molecule has 2 bridgehead atoms. The van der Waals surface area contributed by atoms with Gasteiger partial charge in [0.15, 0.2) is 0 Å². The molecular weight excluding hydrogens is 712 g/mol. The number of hydrogen-bond acceptors (Lipinski definition) is 7. The fourth-order valence-electron chi connectivity index (χ4n) is 9.06. The minimum atomic E-state index is -3.51. The van der Waals surface area contributed by atoms with Crippen molar-refractivity contribution >= 4 is 39.1 Å². The first kappa shape index (κ1) is 36.1. The zero-order valence-electron chi connectivity index (χ0n) is 30.6.